The van der Waals surface area contributed by atoms with Gasteiger partial charge in [0.05, 0.1) is 11.8 Å². The van der Waals surface area contributed by atoms with Gasteiger partial charge in [0, 0.05) is 13.1 Å². The Balaban J connectivity index is 2.14. The topological polar surface area (TPSA) is 86.7 Å². The summed E-state index contributed by atoms with van der Waals surface area (Å²) >= 11 is 0. The second kappa shape index (κ2) is 5.19. The number of amides is 2. The maximum Gasteiger partial charge on any atom is 0.307 e. The molecule has 6 heteroatoms. The molecule has 0 aromatic heterocycles. The highest BCUT2D eigenvalue weighted by molar-refractivity contribution is 5.91. The summed E-state index contributed by atoms with van der Waals surface area (Å²) in [5.74, 6) is -2.11. The molecular formula is C13H20N2O4. The Kier molecular flexibility index (Phi) is 3.78. The second-order valence-corrected chi connectivity index (χ2v) is 5.63. The molecule has 0 aromatic carbocycles. The number of nitrogens with zero attached hydrogens (tertiary/aromatic N) is 1. The molecule has 0 bridgehead atoms. The molecule has 2 amide bonds. The van der Waals surface area contributed by atoms with Crippen LogP contribution in [0.15, 0.2) is 0 Å². The number of carbonyl (C=O) groups excluding carboxylic acids is 2. The van der Waals surface area contributed by atoms with Gasteiger partial charge in [0.1, 0.15) is 6.04 Å². The number of nitrogens with one attached hydrogen (secondary N) is 1. The summed E-state index contributed by atoms with van der Waals surface area (Å²) < 4.78 is 0. The summed E-state index contributed by atoms with van der Waals surface area (Å²) in [4.78, 5) is 36.8. The fourth-order valence-electron chi connectivity index (χ4n) is 3.13. The van der Waals surface area contributed by atoms with Crippen LogP contribution in [-0.2, 0) is 14.4 Å². The lowest BCUT2D eigenvalue weighted by molar-refractivity contribution is -0.152. The molecule has 2 fully saturated rings. The molecule has 6 nitrogen and oxygen atoms in total. The summed E-state index contributed by atoms with van der Waals surface area (Å²) in [6.45, 7) is 4.55. The van der Waals surface area contributed by atoms with Crippen LogP contribution < -0.4 is 5.32 Å². The maximum absolute atomic E-state index is 12.5. The van der Waals surface area contributed by atoms with Gasteiger partial charge >= 0.3 is 5.97 Å². The van der Waals surface area contributed by atoms with Gasteiger partial charge in [-0.15, -0.1) is 0 Å². The predicted molar refractivity (Wildman–Crippen MR) is 67.2 cm³/mol. The van der Waals surface area contributed by atoms with Gasteiger partial charge in [-0.3, -0.25) is 14.4 Å². The van der Waals surface area contributed by atoms with Gasteiger partial charge < -0.3 is 15.3 Å². The molecule has 2 unspecified atom stereocenters. The predicted octanol–water partition coefficient (Wildman–Crippen LogP) is 0.0802. The van der Waals surface area contributed by atoms with E-state index in [1.807, 2.05) is 6.92 Å². The Morgan fingerprint density at radius 3 is 2.53 bits per heavy atom. The van der Waals surface area contributed by atoms with Crippen molar-refractivity contribution >= 4 is 17.8 Å². The zero-order valence-corrected chi connectivity index (χ0v) is 11.3. The molecule has 2 N–H and O–H groups in total. The molecular weight excluding hydrogens is 248 g/mol. The van der Waals surface area contributed by atoms with E-state index in [1.54, 1.807) is 6.92 Å². The quantitative estimate of drug-likeness (QED) is 0.742. The number of aliphatic carboxylic acids is 1. The third-order valence-corrected chi connectivity index (χ3v) is 4.21. The normalized spacial score (nSPS) is 35.1. The van der Waals surface area contributed by atoms with Crippen molar-refractivity contribution in [3.8, 4) is 0 Å². The van der Waals surface area contributed by atoms with Gasteiger partial charge in [0.15, 0.2) is 0 Å². The number of carbonyl (C=O) groups is 3. The van der Waals surface area contributed by atoms with E-state index in [1.165, 1.54) is 4.90 Å². The standard InChI is InChI=1S/C13H20N2O4/c1-7-5-9(10(6-7)13(18)19)12(17)15-4-3-14-11(16)8(15)2/h7-10H,3-6H2,1-2H3,(H,14,16)(H,18,19)/t7?,8?,9-,10+/m0/s1. The van der Waals surface area contributed by atoms with Crippen LogP contribution in [0.1, 0.15) is 26.7 Å². The number of hydrogen-bond acceptors (Lipinski definition) is 3. The molecule has 2 aliphatic rings. The maximum atomic E-state index is 12.5. The number of carboxylic acid groups (broad SMARTS) is 1. The molecule has 0 spiro atoms. The lowest BCUT2D eigenvalue weighted by atomic mass is 9.94. The molecule has 1 aliphatic heterocycles. The van der Waals surface area contributed by atoms with Crippen LogP contribution in [0.5, 0.6) is 0 Å². The monoisotopic (exact) mass is 268 g/mol. The SMILES string of the molecule is CC1C[C@H](C(=O)N2CCNC(=O)C2C)[C@H](C(=O)O)C1. The first-order valence-electron chi connectivity index (χ1n) is 6.72. The molecule has 1 saturated carbocycles. The lowest BCUT2D eigenvalue weighted by Gasteiger charge is -2.35. The molecule has 1 aliphatic carbocycles. The van der Waals surface area contributed by atoms with Crippen molar-refractivity contribution in [2.75, 3.05) is 13.1 Å². The minimum absolute atomic E-state index is 0.169. The van der Waals surface area contributed by atoms with Gasteiger partial charge in [-0.2, -0.15) is 0 Å². The van der Waals surface area contributed by atoms with E-state index in [0.717, 1.165) is 0 Å². The van der Waals surface area contributed by atoms with Crippen molar-refractivity contribution in [2.24, 2.45) is 17.8 Å². The molecule has 19 heavy (non-hydrogen) atoms. The van der Waals surface area contributed by atoms with Gasteiger partial charge in [-0.25, -0.2) is 0 Å². The summed E-state index contributed by atoms with van der Waals surface area (Å²) in [5.41, 5.74) is 0. The molecule has 1 heterocycles. The van der Waals surface area contributed by atoms with Crippen molar-refractivity contribution in [1.29, 1.82) is 0 Å². The minimum atomic E-state index is -0.906. The minimum Gasteiger partial charge on any atom is -0.481 e. The van der Waals surface area contributed by atoms with E-state index < -0.39 is 23.8 Å². The van der Waals surface area contributed by atoms with Gasteiger partial charge in [-0.1, -0.05) is 6.92 Å². The molecule has 2 rings (SSSR count). The van der Waals surface area contributed by atoms with E-state index in [0.29, 0.717) is 25.9 Å². The Bertz CT molecular complexity index is 409. The van der Waals surface area contributed by atoms with Crippen molar-refractivity contribution in [3.05, 3.63) is 0 Å². The highest BCUT2D eigenvalue weighted by Crippen LogP contribution is 2.37. The van der Waals surface area contributed by atoms with Crippen molar-refractivity contribution in [2.45, 2.75) is 32.7 Å². The van der Waals surface area contributed by atoms with Crippen LogP contribution in [0.3, 0.4) is 0 Å². The van der Waals surface area contributed by atoms with E-state index in [-0.39, 0.29) is 17.7 Å². The van der Waals surface area contributed by atoms with Crippen molar-refractivity contribution in [1.82, 2.24) is 10.2 Å². The largest absolute Gasteiger partial charge is 0.481 e. The van der Waals surface area contributed by atoms with E-state index in [9.17, 15) is 19.5 Å². The first-order chi connectivity index (χ1) is 8.91. The fourth-order valence-corrected chi connectivity index (χ4v) is 3.13. The Labute approximate surface area is 112 Å². The third kappa shape index (κ3) is 2.57. The van der Waals surface area contributed by atoms with Crippen LogP contribution in [0.2, 0.25) is 0 Å². The highest BCUT2D eigenvalue weighted by Gasteiger charge is 2.44. The molecule has 0 aromatic rings. The average Bonchev–Trinajstić information content (AvgIpc) is 2.74. The van der Waals surface area contributed by atoms with Gasteiger partial charge in [0.25, 0.3) is 0 Å². The van der Waals surface area contributed by atoms with E-state index >= 15 is 0 Å². The Hall–Kier alpha value is -1.59. The number of hydrogen-bond donors (Lipinski definition) is 2. The second-order valence-electron chi connectivity index (χ2n) is 5.63. The van der Waals surface area contributed by atoms with Crippen LogP contribution in [0.25, 0.3) is 0 Å². The van der Waals surface area contributed by atoms with E-state index in [4.69, 9.17) is 0 Å². The van der Waals surface area contributed by atoms with Crippen LogP contribution in [0, 0.1) is 17.8 Å². The average molecular weight is 268 g/mol. The van der Waals surface area contributed by atoms with E-state index in [2.05, 4.69) is 5.32 Å². The van der Waals surface area contributed by atoms with Crippen LogP contribution in [-0.4, -0.2) is 46.9 Å². The molecule has 4 atom stereocenters. The summed E-state index contributed by atoms with van der Waals surface area (Å²) in [6.07, 6.45) is 1.14. The van der Waals surface area contributed by atoms with Gasteiger partial charge in [-0.05, 0) is 25.7 Å². The lowest BCUT2D eigenvalue weighted by Crippen LogP contribution is -2.57. The van der Waals surface area contributed by atoms with Crippen LogP contribution >= 0.6 is 0 Å². The summed E-state index contributed by atoms with van der Waals surface area (Å²) in [7, 11) is 0. The van der Waals surface area contributed by atoms with Gasteiger partial charge in [0.2, 0.25) is 11.8 Å². The zero-order chi connectivity index (χ0) is 14.2. The number of carboxylic acids is 1. The first-order valence-corrected chi connectivity index (χ1v) is 6.72. The third-order valence-electron chi connectivity index (χ3n) is 4.21. The summed E-state index contributed by atoms with van der Waals surface area (Å²) in [6, 6.07) is -0.508. The molecule has 106 valence electrons. The van der Waals surface area contributed by atoms with Crippen molar-refractivity contribution < 1.29 is 19.5 Å². The smallest absolute Gasteiger partial charge is 0.307 e. The number of piperazine rings is 1. The summed E-state index contributed by atoms with van der Waals surface area (Å²) in [5, 5.41) is 11.9. The Morgan fingerprint density at radius 2 is 1.89 bits per heavy atom. The van der Waals surface area contributed by atoms with Crippen LogP contribution in [0.4, 0.5) is 0 Å². The van der Waals surface area contributed by atoms with Crippen molar-refractivity contribution in [3.63, 3.8) is 0 Å². The zero-order valence-electron chi connectivity index (χ0n) is 11.3. The number of rotatable bonds is 2. The fraction of sp³-hybridized carbons (Fsp3) is 0.769. The highest BCUT2D eigenvalue weighted by atomic mass is 16.4. The molecule has 1 saturated heterocycles. The first kappa shape index (κ1) is 13.8. The Morgan fingerprint density at radius 1 is 1.26 bits per heavy atom. The molecule has 0 radical (unpaired) electrons.